The lowest BCUT2D eigenvalue weighted by Gasteiger charge is -2.24. The molecule has 29 heavy (non-hydrogen) atoms. The number of amidine groups is 1. The van der Waals surface area contributed by atoms with Crippen molar-refractivity contribution in [1.29, 1.82) is 0 Å². The summed E-state index contributed by atoms with van der Waals surface area (Å²) in [5.41, 5.74) is 1.24. The van der Waals surface area contributed by atoms with Crippen LogP contribution in [-0.4, -0.2) is 54.3 Å². The lowest BCUT2D eigenvalue weighted by Crippen LogP contribution is -2.37. The maximum Gasteiger partial charge on any atom is 0.279 e. The van der Waals surface area contributed by atoms with Gasteiger partial charge in [0.2, 0.25) is 0 Å². The van der Waals surface area contributed by atoms with Gasteiger partial charge in [-0.15, -0.1) is 0 Å². The van der Waals surface area contributed by atoms with E-state index in [4.69, 9.17) is 4.74 Å². The molecule has 0 bridgehead atoms. The molecule has 2 fully saturated rings. The summed E-state index contributed by atoms with van der Waals surface area (Å²) in [7, 11) is -1.58. The number of hydrogen-bond donors (Lipinski definition) is 0. The summed E-state index contributed by atoms with van der Waals surface area (Å²) in [6.45, 7) is 0.360. The van der Waals surface area contributed by atoms with Crippen molar-refractivity contribution >= 4 is 32.7 Å². The number of rotatable bonds is 4. The van der Waals surface area contributed by atoms with Gasteiger partial charge in [-0.25, -0.2) is 12.8 Å². The first-order valence-corrected chi connectivity index (χ1v) is 11.7. The number of thioether (sulfide) groups is 1. The van der Waals surface area contributed by atoms with E-state index in [0.29, 0.717) is 23.0 Å². The third kappa shape index (κ3) is 4.30. The number of carbonyl (C=O) groups is 1. The van der Waals surface area contributed by atoms with Gasteiger partial charge in [0.15, 0.2) is 15.0 Å². The summed E-state index contributed by atoms with van der Waals surface area (Å²) in [5, 5.41) is 0.336. The normalized spacial score (nSPS) is 23.9. The van der Waals surface area contributed by atoms with E-state index in [1.807, 2.05) is 4.90 Å². The van der Waals surface area contributed by atoms with Gasteiger partial charge < -0.3 is 9.64 Å². The minimum absolute atomic E-state index is 0.0294. The number of amides is 1. The number of fused-ring (bicyclic) bond motifs is 1. The second-order valence-electron chi connectivity index (χ2n) is 6.98. The van der Waals surface area contributed by atoms with Gasteiger partial charge in [0.25, 0.3) is 5.91 Å². The zero-order chi connectivity index (χ0) is 20.6. The molecule has 0 unspecified atom stereocenters. The fourth-order valence-electron chi connectivity index (χ4n) is 3.49. The summed E-state index contributed by atoms with van der Waals surface area (Å²) < 4.78 is 42.5. The van der Waals surface area contributed by atoms with Crippen LogP contribution in [0.25, 0.3) is 0 Å². The van der Waals surface area contributed by atoms with Gasteiger partial charge in [-0.1, -0.05) is 23.9 Å². The Balaban J connectivity index is 1.62. The van der Waals surface area contributed by atoms with Crippen molar-refractivity contribution in [1.82, 2.24) is 4.90 Å². The number of carbonyl (C=O) groups excluding carboxylic acids is 1. The SMILES string of the molecule is COc1ccc(C(=O)N=C2S[C@H]3CS(=O)(=O)C[C@@H]3N2Cc2ccc(F)cc2)cc1. The molecule has 0 aromatic heterocycles. The van der Waals surface area contributed by atoms with Crippen molar-refractivity contribution in [3.8, 4) is 5.75 Å². The Kier molecular flexibility index (Phi) is 5.35. The predicted octanol–water partition coefficient (Wildman–Crippen LogP) is 2.75. The van der Waals surface area contributed by atoms with E-state index in [1.165, 1.54) is 23.9 Å². The number of sulfone groups is 1. The zero-order valence-electron chi connectivity index (χ0n) is 15.6. The smallest absolute Gasteiger partial charge is 0.279 e. The van der Waals surface area contributed by atoms with Crippen LogP contribution in [0.3, 0.4) is 0 Å². The fourth-order valence-corrected chi connectivity index (χ4v) is 7.44. The van der Waals surface area contributed by atoms with Crippen LogP contribution in [0.1, 0.15) is 15.9 Å². The van der Waals surface area contributed by atoms with Crippen molar-refractivity contribution in [2.75, 3.05) is 18.6 Å². The Hall–Kier alpha value is -2.39. The molecular weight excluding hydrogens is 415 g/mol. The summed E-state index contributed by atoms with van der Waals surface area (Å²) in [6.07, 6.45) is 0. The molecule has 2 saturated heterocycles. The third-order valence-corrected chi connectivity index (χ3v) is 8.22. The van der Waals surface area contributed by atoms with Gasteiger partial charge in [-0.3, -0.25) is 4.79 Å². The molecule has 2 aliphatic heterocycles. The van der Waals surface area contributed by atoms with E-state index in [9.17, 15) is 17.6 Å². The van der Waals surface area contributed by atoms with E-state index in [2.05, 4.69) is 4.99 Å². The molecule has 0 radical (unpaired) electrons. The molecule has 152 valence electrons. The van der Waals surface area contributed by atoms with Gasteiger partial charge >= 0.3 is 0 Å². The molecule has 2 atom stereocenters. The van der Waals surface area contributed by atoms with E-state index < -0.39 is 15.7 Å². The minimum atomic E-state index is -3.13. The van der Waals surface area contributed by atoms with Crippen LogP contribution in [0, 0.1) is 5.82 Å². The highest BCUT2D eigenvalue weighted by atomic mass is 32.2. The Morgan fingerprint density at radius 3 is 2.52 bits per heavy atom. The molecule has 2 aromatic carbocycles. The maximum atomic E-state index is 13.2. The first kappa shape index (κ1) is 19.9. The monoisotopic (exact) mass is 434 g/mol. The highest BCUT2D eigenvalue weighted by molar-refractivity contribution is 8.15. The van der Waals surface area contributed by atoms with E-state index in [0.717, 1.165) is 5.56 Å². The average Bonchev–Trinajstić information content (AvgIpc) is 3.15. The number of ether oxygens (including phenoxy) is 1. The number of benzene rings is 2. The molecule has 4 rings (SSSR count). The molecule has 0 spiro atoms. The molecule has 0 saturated carbocycles. The predicted molar refractivity (Wildman–Crippen MR) is 111 cm³/mol. The minimum Gasteiger partial charge on any atom is -0.497 e. The number of nitrogens with zero attached hydrogens (tertiary/aromatic N) is 2. The van der Waals surface area contributed by atoms with Gasteiger partial charge in [-0.2, -0.15) is 4.99 Å². The molecule has 2 heterocycles. The van der Waals surface area contributed by atoms with Gasteiger partial charge in [0, 0.05) is 17.4 Å². The Morgan fingerprint density at radius 1 is 1.17 bits per heavy atom. The summed E-state index contributed by atoms with van der Waals surface area (Å²) in [4.78, 5) is 18.8. The Bertz CT molecular complexity index is 1050. The lowest BCUT2D eigenvalue weighted by atomic mass is 10.1. The van der Waals surface area contributed by atoms with Gasteiger partial charge in [0.05, 0.1) is 24.7 Å². The lowest BCUT2D eigenvalue weighted by molar-refractivity contribution is 0.100. The first-order valence-electron chi connectivity index (χ1n) is 9.00. The molecule has 2 aliphatic rings. The maximum absolute atomic E-state index is 13.2. The Labute approximate surface area is 172 Å². The number of hydrogen-bond acceptors (Lipinski definition) is 5. The summed E-state index contributed by atoms with van der Waals surface area (Å²) in [5.74, 6) is -0.00164. The van der Waals surface area contributed by atoms with Crippen LogP contribution < -0.4 is 4.74 Å². The second-order valence-corrected chi connectivity index (χ2v) is 10.3. The van der Waals surface area contributed by atoms with Crippen molar-refractivity contribution in [3.05, 3.63) is 65.5 Å². The molecule has 1 amide bonds. The van der Waals surface area contributed by atoms with Crippen molar-refractivity contribution in [3.63, 3.8) is 0 Å². The quantitative estimate of drug-likeness (QED) is 0.737. The highest BCUT2D eigenvalue weighted by Crippen LogP contribution is 2.39. The van der Waals surface area contributed by atoms with E-state index in [-0.39, 0.29) is 28.6 Å². The molecular formula is C20H19FN2O4S2. The van der Waals surface area contributed by atoms with Crippen LogP contribution in [0.15, 0.2) is 53.5 Å². The van der Waals surface area contributed by atoms with Crippen LogP contribution in [0.2, 0.25) is 0 Å². The Morgan fingerprint density at radius 2 is 1.86 bits per heavy atom. The highest BCUT2D eigenvalue weighted by Gasteiger charge is 2.48. The van der Waals surface area contributed by atoms with Crippen LogP contribution in [0.4, 0.5) is 4.39 Å². The van der Waals surface area contributed by atoms with Gasteiger partial charge in [0.1, 0.15) is 11.6 Å². The molecule has 6 nitrogen and oxygen atoms in total. The number of methoxy groups -OCH3 is 1. The molecule has 0 aliphatic carbocycles. The summed E-state index contributed by atoms with van der Waals surface area (Å²) in [6, 6.07) is 12.4. The molecule has 9 heteroatoms. The molecule has 2 aromatic rings. The fraction of sp³-hybridized carbons (Fsp3) is 0.300. The van der Waals surface area contributed by atoms with E-state index >= 15 is 0 Å². The number of aliphatic imine (C=N–C) groups is 1. The topological polar surface area (TPSA) is 76.0 Å². The first-order chi connectivity index (χ1) is 13.8. The van der Waals surface area contributed by atoms with Crippen molar-refractivity contribution < 1.29 is 22.3 Å². The second kappa shape index (κ2) is 7.79. The average molecular weight is 435 g/mol. The number of halogens is 1. The zero-order valence-corrected chi connectivity index (χ0v) is 17.2. The third-order valence-electron chi connectivity index (χ3n) is 4.98. The van der Waals surface area contributed by atoms with Crippen molar-refractivity contribution in [2.45, 2.75) is 17.8 Å². The standard InChI is InChI=1S/C20H19FN2O4S2/c1-27-16-8-4-14(5-9-16)19(24)22-20-23(10-13-2-6-15(21)7-3-13)17-11-29(25,26)12-18(17)28-20/h2-9,17-18H,10-12H2,1H3/t17-,18-/m0/s1. The van der Waals surface area contributed by atoms with E-state index in [1.54, 1.807) is 43.5 Å². The van der Waals surface area contributed by atoms with Crippen molar-refractivity contribution in [2.24, 2.45) is 4.99 Å². The van der Waals surface area contributed by atoms with Gasteiger partial charge in [-0.05, 0) is 42.0 Å². The summed E-state index contributed by atoms with van der Waals surface area (Å²) >= 11 is 1.32. The van der Waals surface area contributed by atoms with Crippen LogP contribution >= 0.6 is 11.8 Å². The largest absolute Gasteiger partial charge is 0.497 e. The van der Waals surface area contributed by atoms with Crippen LogP contribution in [0.5, 0.6) is 5.75 Å². The molecule has 0 N–H and O–H groups in total. The van der Waals surface area contributed by atoms with Crippen LogP contribution in [-0.2, 0) is 16.4 Å².